The molecule has 140 valence electrons. The van der Waals surface area contributed by atoms with Crippen LogP contribution in [0.2, 0.25) is 5.02 Å². The van der Waals surface area contributed by atoms with Crippen LogP contribution in [-0.2, 0) is 15.1 Å². The lowest BCUT2D eigenvalue weighted by Crippen LogP contribution is -2.35. The van der Waals surface area contributed by atoms with Crippen LogP contribution in [0.5, 0.6) is 5.75 Å². The van der Waals surface area contributed by atoms with Gasteiger partial charge >= 0.3 is 5.97 Å². The van der Waals surface area contributed by atoms with E-state index in [-0.39, 0.29) is 12.3 Å². The Morgan fingerprint density at radius 1 is 1.38 bits per heavy atom. The van der Waals surface area contributed by atoms with Crippen LogP contribution in [-0.4, -0.2) is 33.4 Å². The topological polar surface area (TPSA) is 93.5 Å². The zero-order valence-electron chi connectivity index (χ0n) is 15.0. The molecule has 2 N–H and O–H groups in total. The fourth-order valence-electron chi connectivity index (χ4n) is 2.14. The Labute approximate surface area is 156 Å². The van der Waals surface area contributed by atoms with E-state index in [0.717, 1.165) is 5.56 Å². The van der Waals surface area contributed by atoms with Gasteiger partial charge in [-0.15, -0.1) is 0 Å². The number of nitrogens with one attached hydrogen (secondary N) is 1. The molecule has 0 bridgehead atoms. The summed E-state index contributed by atoms with van der Waals surface area (Å²) in [6, 6.07) is 5.41. The standard InChI is InChI=1S/C18H22ClN3O4/c1-12-9-14(6-7-15(12)19)26-8-4-5-16(23)21-13-10-20-22(11-13)18(2,3)17(24)25/h6-7,9-11H,4-5,8H2,1-3H3,(H,21,23)(H,24,25). The number of aliphatic carboxylic acids is 1. The number of hydrogen-bond acceptors (Lipinski definition) is 4. The number of carbonyl (C=O) groups is 2. The van der Waals surface area contributed by atoms with Gasteiger partial charge in [0.1, 0.15) is 5.75 Å². The number of ether oxygens (including phenoxy) is 1. The van der Waals surface area contributed by atoms with E-state index in [1.165, 1.54) is 30.9 Å². The molecule has 0 saturated carbocycles. The number of hydrogen-bond donors (Lipinski definition) is 2. The Morgan fingerprint density at radius 3 is 2.77 bits per heavy atom. The van der Waals surface area contributed by atoms with E-state index in [0.29, 0.717) is 29.5 Å². The molecule has 0 radical (unpaired) electrons. The van der Waals surface area contributed by atoms with Gasteiger partial charge in [-0.25, -0.2) is 4.79 Å². The molecule has 1 aromatic carbocycles. The fraction of sp³-hybridized carbons (Fsp3) is 0.389. The molecule has 2 rings (SSSR count). The van der Waals surface area contributed by atoms with Gasteiger partial charge in [0.05, 0.1) is 18.5 Å². The Hall–Kier alpha value is -2.54. The van der Waals surface area contributed by atoms with E-state index in [4.69, 9.17) is 16.3 Å². The molecule has 0 saturated heterocycles. The number of aromatic nitrogens is 2. The summed E-state index contributed by atoms with van der Waals surface area (Å²) >= 11 is 5.96. The molecule has 0 unspecified atom stereocenters. The Kier molecular flexibility index (Phi) is 6.26. The number of aryl methyl sites for hydroxylation is 1. The van der Waals surface area contributed by atoms with Crippen LogP contribution in [0.3, 0.4) is 0 Å². The van der Waals surface area contributed by atoms with Crippen LogP contribution in [0.1, 0.15) is 32.3 Å². The summed E-state index contributed by atoms with van der Waals surface area (Å²) < 4.78 is 6.90. The zero-order valence-corrected chi connectivity index (χ0v) is 15.7. The highest BCUT2D eigenvalue weighted by Gasteiger charge is 2.30. The van der Waals surface area contributed by atoms with E-state index in [1.807, 2.05) is 13.0 Å². The Morgan fingerprint density at radius 2 is 2.12 bits per heavy atom. The van der Waals surface area contributed by atoms with Gasteiger partial charge < -0.3 is 15.2 Å². The molecule has 0 atom stereocenters. The van der Waals surface area contributed by atoms with Gasteiger partial charge in [0.2, 0.25) is 5.91 Å². The number of carboxylic acid groups (broad SMARTS) is 1. The number of anilines is 1. The molecule has 26 heavy (non-hydrogen) atoms. The van der Waals surface area contributed by atoms with Gasteiger partial charge in [-0.3, -0.25) is 9.48 Å². The molecule has 0 aliphatic heterocycles. The fourth-order valence-corrected chi connectivity index (χ4v) is 2.26. The second-order valence-corrected chi connectivity index (χ2v) is 6.86. The third-order valence-corrected chi connectivity index (χ3v) is 4.33. The molecular formula is C18H22ClN3O4. The van der Waals surface area contributed by atoms with Crippen molar-refractivity contribution in [1.29, 1.82) is 0 Å². The summed E-state index contributed by atoms with van der Waals surface area (Å²) in [6.07, 6.45) is 3.75. The summed E-state index contributed by atoms with van der Waals surface area (Å²) in [6.45, 7) is 5.36. The maximum absolute atomic E-state index is 12.0. The summed E-state index contributed by atoms with van der Waals surface area (Å²) in [5.41, 5.74) is 0.204. The Bertz CT molecular complexity index is 801. The SMILES string of the molecule is Cc1cc(OCCCC(=O)Nc2cnn(C(C)(C)C(=O)O)c2)ccc1Cl. The van der Waals surface area contributed by atoms with Crippen molar-refractivity contribution in [2.75, 3.05) is 11.9 Å². The normalized spacial score (nSPS) is 11.2. The predicted octanol–water partition coefficient (Wildman–Crippen LogP) is 3.46. The minimum absolute atomic E-state index is 0.187. The van der Waals surface area contributed by atoms with Crippen molar-refractivity contribution in [2.24, 2.45) is 0 Å². The molecule has 0 fully saturated rings. The number of amides is 1. The second kappa shape index (κ2) is 8.23. The van der Waals surface area contributed by atoms with Crippen LogP contribution >= 0.6 is 11.6 Å². The van der Waals surface area contributed by atoms with Crippen molar-refractivity contribution in [3.63, 3.8) is 0 Å². The molecule has 0 aliphatic carbocycles. The van der Waals surface area contributed by atoms with Gasteiger partial charge in [0, 0.05) is 17.6 Å². The van der Waals surface area contributed by atoms with Gasteiger partial charge in [0.25, 0.3) is 0 Å². The van der Waals surface area contributed by atoms with E-state index in [9.17, 15) is 14.7 Å². The minimum atomic E-state index is -1.19. The molecule has 7 nitrogen and oxygen atoms in total. The molecule has 2 aromatic rings. The van der Waals surface area contributed by atoms with Gasteiger partial charge in [-0.1, -0.05) is 11.6 Å². The third-order valence-electron chi connectivity index (χ3n) is 3.91. The van der Waals surface area contributed by atoms with Crippen molar-refractivity contribution in [2.45, 2.75) is 39.2 Å². The highest BCUT2D eigenvalue weighted by molar-refractivity contribution is 6.31. The van der Waals surface area contributed by atoms with Crippen LogP contribution in [0.15, 0.2) is 30.6 Å². The monoisotopic (exact) mass is 379 g/mol. The average Bonchev–Trinajstić information content (AvgIpc) is 3.04. The van der Waals surface area contributed by atoms with Crippen LogP contribution in [0.4, 0.5) is 5.69 Å². The molecule has 1 amide bonds. The van der Waals surface area contributed by atoms with E-state index in [1.54, 1.807) is 12.1 Å². The van der Waals surface area contributed by atoms with Crippen molar-refractivity contribution >= 4 is 29.2 Å². The lowest BCUT2D eigenvalue weighted by molar-refractivity contribution is -0.146. The Balaban J connectivity index is 1.78. The minimum Gasteiger partial charge on any atom is -0.494 e. The molecule has 1 heterocycles. The molecule has 8 heteroatoms. The second-order valence-electron chi connectivity index (χ2n) is 6.45. The molecule has 1 aromatic heterocycles. The first-order valence-corrected chi connectivity index (χ1v) is 8.55. The molecule has 0 spiro atoms. The first kappa shape index (κ1) is 19.8. The lowest BCUT2D eigenvalue weighted by atomic mass is 10.1. The smallest absolute Gasteiger partial charge is 0.331 e. The maximum atomic E-state index is 12.0. The first-order valence-electron chi connectivity index (χ1n) is 8.17. The van der Waals surface area contributed by atoms with Crippen molar-refractivity contribution in [3.8, 4) is 5.75 Å². The summed E-state index contributed by atoms with van der Waals surface area (Å²) in [5.74, 6) is -0.480. The summed E-state index contributed by atoms with van der Waals surface area (Å²) in [5, 5.41) is 16.6. The summed E-state index contributed by atoms with van der Waals surface area (Å²) in [4.78, 5) is 23.2. The van der Waals surface area contributed by atoms with Crippen LogP contribution in [0, 0.1) is 6.92 Å². The average molecular weight is 380 g/mol. The quantitative estimate of drug-likeness (QED) is 0.685. The van der Waals surface area contributed by atoms with E-state index >= 15 is 0 Å². The number of nitrogens with zero attached hydrogens (tertiary/aromatic N) is 2. The number of carboxylic acids is 1. The van der Waals surface area contributed by atoms with Crippen molar-refractivity contribution in [1.82, 2.24) is 9.78 Å². The number of halogens is 1. The highest BCUT2D eigenvalue weighted by Crippen LogP contribution is 2.21. The predicted molar refractivity (Wildman–Crippen MR) is 98.7 cm³/mol. The van der Waals surface area contributed by atoms with Crippen LogP contribution < -0.4 is 10.1 Å². The number of benzene rings is 1. The number of carbonyl (C=O) groups excluding carboxylic acids is 1. The van der Waals surface area contributed by atoms with Crippen LogP contribution in [0.25, 0.3) is 0 Å². The van der Waals surface area contributed by atoms with Gasteiger partial charge in [-0.05, 0) is 51.0 Å². The highest BCUT2D eigenvalue weighted by atomic mass is 35.5. The molecule has 0 aliphatic rings. The lowest BCUT2D eigenvalue weighted by Gasteiger charge is -2.19. The van der Waals surface area contributed by atoms with Gasteiger partial charge in [-0.2, -0.15) is 5.10 Å². The number of rotatable bonds is 8. The largest absolute Gasteiger partial charge is 0.494 e. The zero-order chi connectivity index (χ0) is 19.3. The summed E-state index contributed by atoms with van der Waals surface area (Å²) in [7, 11) is 0. The van der Waals surface area contributed by atoms with E-state index < -0.39 is 11.5 Å². The molecular weight excluding hydrogens is 358 g/mol. The first-order chi connectivity index (χ1) is 12.2. The van der Waals surface area contributed by atoms with Crippen molar-refractivity contribution < 1.29 is 19.4 Å². The van der Waals surface area contributed by atoms with Gasteiger partial charge in [0.15, 0.2) is 5.54 Å². The maximum Gasteiger partial charge on any atom is 0.331 e. The van der Waals surface area contributed by atoms with E-state index in [2.05, 4.69) is 10.4 Å². The van der Waals surface area contributed by atoms with Crippen molar-refractivity contribution in [3.05, 3.63) is 41.2 Å². The third kappa shape index (κ3) is 4.98.